The van der Waals surface area contributed by atoms with Crippen LogP contribution in [0.5, 0.6) is 0 Å². The van der Waals surface area contributed by atoms with E-state index in [-0.39, 0.29) is 22.4 Å². The predicted molar refractivity (Wildman–Crippen MR) is 114 cm³/mol. The molecule has 0 unspecified atom stereocenters. The summed E-state index contributed by atoms with van der Waals surface area (Å²) in [5, 5.41) is 6.33. The standard InChI is InChI=1S/C21H22Cl2N4O2/c1-13(2)19(26-20(28)16-7-6-14(22)11-17(16)23)21(29)24-9-8-15-12-27-10-4-3-5-18(27)25-15/h3-7,10-13,19H,8-9H2,1-2H3,(H,24,29)(H,26,28)/t19-/m1/s1. The lowest BCUT2D eigenvalue weighted by Gasteiger charge is -2.22. The van der Waals surface area contributed by atoms with Crippen LogP contribution in [0, 0.1) is 5.92 Å². The maximum Gasteiger partial charge on any atom is 0.253 e. The van der Waals surface area contributed by atoms with Gasteiger partial charge in [-0.3, -0.25) is 9.59 Å². The molecular formula is C21H22Cl2N4O2. The quantitative estimate of drug-likeness (QED) is 0.596. The van der Waals surface area contributed by atoms with Crippen molar-refractivity contribution < 1.29 is 9.59 Å². The molecule has 0 saturated carbocycles. The highest BCUT2D eigenvalue weighted by molar-refractivity contribution is 6.36. The highest BCUT2D eigenvalue weighted by Gasteiger charge is 2.25. The summed E-state index contributed by atoms with van der Waals surface area (Å²) < 4.78 is 1.93. The number of pyridine rings is 1. The van der Waals surface area contributed by atoms with E-state index < -0.39 is 11.9 Å². The fraction of sp³-hybridized carbons (Fsp3) is 0.286. The van der Waals surface area contributed by atoms with Crippen LogP contribution in [-0.4, -0.2) is 33.8 Å². The molecule has 0 spiro atoms. The first-order valence-electron chi connectivity index (χ1n) is 9.31. The Morgan fingerprint density at radius 1 is 1.17 bits per heavy atom. The number of hydrogen-bond acceptors (Lipinski definition) is 3. The van der Waals surface area contributed by atoms with Gasteiger partial charge in [-0.05, 0) is 36.2 Å². The van der Waals surface area contributed by atoms with Crippen molar-refractivity contribution in [3.05, 3.63) is 70.1 Å². The molecule has 2 heterocycles. The number of carbonyl (C=O) groups is 2. The Morgan fingerprint density at radius 3 is 2.66 bits per heavy atom. The van der Waals surface area contributed by atoms with E-state index in [0.717, 1.165) is 11.3 Å². The molecule has 0 aliphatic carbocycles. The molecule has 2 amide bonds. The summed E-state index contributed by atoms with van der Waals surface area (Å²) in [6, 6.07) is 9.72. The van der Waals surface area contributed by atoms with Gasteiger partial charge in [0.15, 0.2) is 0 Å². The molecular weight excluding hydrogens is 411 g/mol. The van der Waals surface area contributed by atoms with Crippen molar-refractivity contribution in [3.63, 3.8) is 0 Å². The number of fused-ring (bicyclic) bond motifs is 1. The lowest BCUT2D eigenvalue weighted by Crippen LogP contribution is -2.50. The number of carbonyl (C=O) groups excluding carboxylic acids is 2. The van der Waals surface area contributed by atoms with Gasteiger partial charge in [0.2, 0.25) is 5.91 Å². The number of halogens is 2. The number of hydrogen-bond donors (Lipinski definition) is 2. The lowest BCUT2D eigenvalue weighted by molar-refractivity contribution is -0.123. The van der Waals surface area contributed by atoms with Crippen LogP contribution >= 0.6 is 23.2 Å². The summed E-state index contributed by atoms with van der Waals surface area (Å²) >= 11 is 12.0. The van der Waals surface area contributed by atoms with Crippen molar-refractivity contribution in [2.45, 2.75) is 26.3 Å². The molecule has 0 aliphatic rings. The molecule has 1 aromatic carbocycles. The smallest absolute Gasteiger partial charge is 0.253 e. The van der Waals surface area contributed by atoms with Gasteiger partial charge in [-0.15, -0.1) is 0 Å². The molecule has 0 fully saturated rings. The number of nitrogens with one attached hydrogen (secondary N) is 2. The maximum absolute atomic E-state index is 12.6. The van der Waals surface area contributed by atoms with Gasteiger partial charge in [0, 0.05) is 30.4 Å². The van der Waals surface area contributed by atoms with E-state index in [0.29, 0.717) is 18.0 Å². The van der Waals surface area contributed by atoms with E-state index in [9.17, 15) is 9.59 Å². The first kappa shape index (κ1) is 21.1. The largest absolute Gasteiger partial charge is 0.354 e. The van der Waals surface area contributed by atoms with Gasteiger partial charge in [-0.1, -0.05) is 43.1 Å². The summed E-state index contributed by atoms with van der Waals surface area (Å²) in [5.74, 6) is -0.761. The maximum atomic E-state index is 12.6. The summed E-state index contributed by atoms with van der Waals surface area (Å²) in [6.45, 7) is 4.16. The molecule has 29 heavy (non-hydrogen) atoms. The topological polar surface area (TPSA) is 75.5 Å². The first-order valence-corrected chi connectivity index (χ1v) is 10.1. The zero-order chi connectivity index (χ0) is 21.0. The number of aromatic nitrogens is 2. The molecule has 0 saturated heterocycles. The number of imidazole rings is 1. The summed E-state index contributed by atoms with van der Waals surface area (Å²) in [4.78, 5) is 29.7. The number of nitrogens with zero attached hydrogens (tertiary/aromatic N) is 2. The van der Waals surface area contributed by atoms with Crippen LogP contribution in [0.2, 0.25) is 10.0 Å². The molecule has 1 atom stereocenters. The van der Waals surface area contributed by atoms with Gasteiger partial charge in [0.1, 0.15) is 11.7 Å². The third kappa shape index (κ3) is 5.28. The van der Waals surface area contributed by atoms with Crippen LogP contribution in [0.3, 0.4) is 0 Å². The Bertz CT molecular complexity index is 999. The minimum absolute atomic E-state index is 0.0970. The highest BCUT2D eigenvalue weighted by Crippen LogP contribution is 2.21. The summed E-state index contributed by atoms with van der Waals surface area (Å²) in [7, 11) is 0. The second-order valence-electron chi connectivity index (χ2n) is 7.06. The Kier molecular flexibility index (Phi) is 6.77. The average Bonchev–Trinajstić information content (AvgIpc) is 3.08. The zero-order valence-electron chi connectivity index (χ0n) is 16.2. The minimum atomic E-state index is -0.685. The number of benzene rings is 1. The van der Waals surface area contributed by atoms with Crippen molar-refractivity contribution >= 4 is 40.7 Å². The molecule has 2 aromatic heterocycles. The van der Waals surface area contributed by atoms with Crippen LogP contribution < -0.4 is 10.6 Å². The van der Waals surface area contributed by atoms with Crippen molar-refractivity contribution in [3.8, 4) is 0 Å². The van der Waals surface area contributed by atoms with Gasteiger partial charge in [0.05, 0.1) is 16.3 Å². The SMILES string of the molecule is CC(C)[C@@H](NC(=O)c1ccc(Cl)cc1Cl)C(=O)NCCc1cn2ccccc2n1. The Balaban J connectivity index is 1.59. The monoisotopic (exact) mass is 432 g/mol. The van der Waals surface area contributed by atoms with E-state index in [2.05, 4.69) is 15.6 Å². The molecule has 3 aromatic rings. The van der Waals surface area contributed by atoms with E-state index in [1.54, 1.807) is 12.1 Å². The predicted octanol–water partition coefficient (Wildman–Crippen LogP) is 3.75. The minimum Gasteiger partial charge on any atom is -0.354 e. The third-order valence-corrected chi connectivity index (χ3v) is 5.05. The second-order valence-corrected chi connectivity index (χ2v) is 7.90. The molecule has 0 bridgehead atoms. The molecule has 0 aliphatic heterocycles. The average molecular weight is 433 g/mol. The lowest BCUT2D eigenvalue weighted by atomic mass is 10.0. The van der Waals surface area contributed by atoms with Gasteiger partial charge < -0.3 is 15.0 Å². The Hall–Kier alpha value is -2.57. The van der Waals surface area contributed by atoms with Crippen LogP contribution in [-0.2, 0) is 11.2 Å². The normalized spacial score (nSPS) is 12.2. The summed E-state index contributed by atoms with van der Waals surface area (Å²) in [6.07, 6.45) is 4.46. The van der Waals surface area contributed by atoms with Gasteiger partial charge in [-0.2, -0.15) is 0 Å². The molecule has 6 nitrogen and oxygen atoms in total. The van der Waals surface area contributed by atoms with Crippen molar-refractivity contribution in [1.29, 1.82) is 0 Å². The van der Waals surface area contributed by atoms with Gasteiger partial charge in [-0.25, -0.2) is 4.98 Å². The number of amides is 2. The third-order valence-electron chi connectivity index (χ3n) is 4.51. The van der Waals surface area contributed by atoms with Gasteiger partial charge in [0.25, 0.3) is 5.91 Å². The highest BCUT2D eigenvalue weighted by atomic mass is 35.5. The van der Waals surface area contributed by atoms with Crippen molar-refractivity contribution in [2.24, 2.45) is 5.92 Å². The van der Waals surface area contributed by atoms with Crippen LogP contribution in [0.1, 0.15) is 29.9 Å². The molecule has 8 heteroatoms. The first-order chi connectivity index (χ1) is 13.8. The molecule has 0 radical (unpaired) electrons. The number of rotatable bonds is 7. The van der Waals surface area contributed by atoms with Gasteiger partial charge >= 0.3 is 0 Å². The Morgan fingerprint density at radius 2 is 1.97 bits per heavy atom. The van der Waals surface area contributed by atoms with Crippen LogP contribution in [0.15, 0.2) is 48.8 Å². The summed E-state index contributed by atoms with van der Waals surface area (Å²) in [5.41, 5.74) is 2.02. The van der Waals surface area contributed by atoms with Crippen molar-refractivity contribution in [1.82, 2.24) is 20.0 Å². The second kappa shape index (κ2) is 9.29. The molecule has 3 rings (SSSR count). The van der Waals surface area contributed by atoms with Crippen LogP contribution in [0.4, 0.5) is 0 Å². The van der Waals surface area contributed by atoms with E-state index in [4.69, 9.17) is 23.2 Å². The Labute approximate surface area is 179 Å². The van der Waals surface area contributed by atoms with Crippen LogP contribution in [0.25, 0.3) is 5.65 Å². The van der Waals surface area contributed by atoms with E-state index >= 15 is 0 Å². The fourth-order valence-corrected chi connectivity index (χ4v) is 3.45. The molecule has 152 valence electrons. The molecule has 2 N–H and O–H groups in total. The van der Waals surface area contributed by atoms with E-state index in [1.807, 2.05) is 48.8 Å². The zero-order valence-corrected chi connectivity index (χ0v) is 17.7. The van der Waals surface area contributed by atoms with Crippen molar-refractivity contribution in [2.75, 3.05) is 6.54 Å². The fourth-order valence-electron chi connectivity index (χ4n) is 2.96. The van der Waals surface area contributed by atoms with E-state index in [1.165, 1.54) is 6.07 Å².